The smallest absolute Gasteiger partial charge is 0.126 e. The molecule has 17 heavy (non-hydrogen) atoms. The number of hydrogen-bond donors (Lipinski definition) is 1. The van der Waals surface area contributed by atoms with Gasteiger partial charge in [-0.2, -0.15) is 0 Å². The Labute approximate surface area is 103 Å². The van der Waals surface area contributed by atoms with E-state index in [0.717, 1.165) is 22.9 Å². The highest BCUT2D eigenvalue weighted by Crippen LogP contribution is 2.21. The second kappa shape index (κ2) is 4.51. The lowest BCUT2D eigenvalue weighted by Crippen LogP contribution is -1.99. The van der Waals surface area contributed by atoms with Gasteiger partial charge in [-0.25, -0.2) is 9.97 Å². The molecule has 0 spiro atoms. The van der Waals surface area contributed by atoms with Gasteiger partial charge in [-0.1, -0.05) is 18.2 Å². The van der Waals surface area contributed by atoms with E-state index >= 15 is 0 Å². The molecule has 4 heteroatoms. The number of benzene rings is 1. The van der Waals surface area contributed by atoms with Crippen molar-refractivity contribution in [2.24, 2.45) is 0 Å². The minimum atomic E-state index is 0.719. The quantitative estimate of drug-likeness (QED) is 0.764. The zero-order valence-corrected chi connectivity index (χ0v) is 9.95. The highest BCUT2D eigenvalue weighted by Gasteiger charge is 2.02. The number of hydrogen-bond acceptors (Lipinski definition) is 4. The molecule has 1 N–H and O–H groups in total. The summed E-state index contributed by atoms with van der Waals surface area (Å²) in [4.78, 5) is 8.77. The lowest BCUT2D eigenvalue weighted by Gasteiger charge is -2.01. The molecule has 3 nitrogen and oxygen atoms in total. The van der Waals surface area contributed by atoms with Crippen molar-refractivity contribution in [3.05, 3.63) is 53.7 Å². The van der Waals surface area contributed by atoms with Crippen LogP contribution in [-0.2, 0) is 6.54 Å². The molecule has 0 radical (unpaired) electrons. The van der Waals surface area contributed by atoms with Gasteiger partial charge >= 0.3 is 0 Å². The average Bonchev–Trinajstić information content (AvgIpc) is 2.80. The lowest BCUT2D eigenvalue weighted by molar-refractivity contribution is 1.09. The molecule has 0 saturated heterocycles. The van der Waals surface area contributed by atoms with E-state index in [4.69, 9.17) is 0 Å². The Hall–Kier alpha value is -1.94. The van der Waals surface area contributed by atoms with Crippen LogP contribution >= 0.6 is 11.3 Å². The highest BCUT2D eigenvalue weighted by atomic mass is 32.1. The number of aromatic nitrogens is 2. The predicted octanol–water partition coefficient (Wildman–Crippen LogP) is 3.30. The van der Waals surface area contributed by atoms with E-state index in [2.05, 4.69) is 21.4 Å². The second-order valence-electron chi connectivity index (χ2n) is 3.64. The minimum Gasteiger partial charge on any atom is -0.364 e. The zero-order valence-electron chi connectivity index (χ0n) is 9.13. The number of nitrogens with zero attached hydrogens (tertiary/aromatic N) is 2. The molecule has 3 rings (SSSR count). The van der Waals surface area contributed by atoms with Gasteiger partial charge in [0, 0.05) is 6.20 Å². The van der Waals surface area contributed by atoms with Crippen LogP contribution in [0, 0.1) is 0 Å². The van der Waals surface area contributed by atoms with Crippen LogP contribution in [0.25, 0.3) is 10.2 Å². The van der Waals surface area contributed by atoms with Gasteiger partial charge in [0.25, 0.3) is 0 Å². The standard InChI is InChI=1S/C13H11N3S/c1-2-6-11-10(5-1)16-13(17-11)9-15-12-7-3-4-8-14-12/h1-8H,9H2,(H,14,15). The maximum Gasteiger partial charge on any atom is 0.126 e. The van der Waals surface area contributed by atoms with Crippen LogP contribution in [0.1, 0.15) is 5.01 Å². The molecule has 0 aliphatic rings. The summed E-state index contributed by atoms with van der Waals surface area (Å²) in [6.45, 7) is 0.719. The van der Waals surface area contributed by atoms with Gasteiger partial charge in [-0.3, -0.25) is 0 Å². The van der Waals surface area contributed by atoms with Crippen molar-refractivity contribution in [1.82, 2.24) is 9.97 Å². The number of nitrogens with one attached hydrogen (secondary N) is 1. The monoisotopic (exact) mass is 241 g/mol. The van der Waals surface area contributed by atoms with Crippen LogP contribution in [0.4, 0.5) is 5.82 Å². The first-order valence-corrected chi connectivity index (χ1v) is 6.23. The molecule has 0 unspecified atom stereocenters. The first-order valence-electron chi connectivity index (χ1n) is 5.41. The third-order valence-electron chi connectivity index (χ3n) is 2.42. The molecular formula is C13H11N3S. The number of fused-ring (bicyclic) bond motifs is 1. The van der Waals surface area contributed by atoms with Crippen LogP contribution in [0.15, 0.2) is 48.7 Å². The van der Waals surface area contributed by atoms with E-state index in [1.807, 2.05) is 36.4 Å². The van der Waals surface area contributed by atoms with Crippen LogP contribution in [-0.4, -0.2) is 9.97 Å². The first kappa shape index (κ1) is 10.2. The Morgan fingerprint density at radius 1 is 1.06 bits per heavy atom. The lowest BCUT2D eigenvalue weighted by atomic mass is 10.3. The number of para-hydroxylation sites is 1. The normalized spacial score (nSPS) is 10.6. The van der Waals surface area contributed by atoms with E-state index in [9.17, 15) is 0 Å². The Morgan fingerprint density at radius 3 is 2.76 bits per heavy atom. The fourth-order valence-corrected chi connectivity index (χ4v) is 2.54. The SMILES string of the molecule is c1ccc(NCc2nc3ccccc3s2)nc1. The van der Waals surface area contributed by atoms with Gasteiger partial charge in [0.05, 0.1) is 16.8 Å². The van der Waals surface area contributed by atoms with Gasteiger partial charge in [0.1, 0.15) is 10.8 Å². The summed E-state index contributed by atoms with van der Waals surface area (Å²) in [6.07, 6.45) is 1.78. The third-order valence-corrected chi connectivity index (χ3v) is 3.46. The van der Waals surface area contributed by atoms with Gasteiger partial charge in [-0.15, -0.1) is 11.3 Å². The summed E-state index contributed by atoms with van der Waals surface area (Å²) < 4.78 is 1.23. The largest absolute Gasteiger partial charge is 0.364 e. The Kier molecular flexibility index (Phi) is 2.71. The fourth-order valence-electron chi connectivity index (χ4n) is 1.63. The average molecular weight is 241 g/mol. The molecule has 0 fully saturated rings. The molecule has 0 atom stereocenters. The molecule has 3 aromatic rings. The molecule has 2 aromatic heterocycles. The number of pyridine rings is 1. The van der Waals surface area contributed by atoms with Crippen molar-refractivity contribution in [2.45, 2.75) is 6.54 Å². The van der Waals surface area contributed by atoms with Crippen molar-refractivity contribution in [2.75, 3.05) is 5.32 Å². The fraction of sp³-hybridized carbons (Fsp3) is 0.0769. The van der Waals surface area contributed by atoms with Gasteiger partial charge in [-0.05, 0) is 24.3 Å². The molecule has 0 aliphatic carbocycles. The minimum absolute atomic E-state index is 0.719. The van der Waals surface area contributed by atoms with Crippen molar-refractivity contribution in [3.63, 3.8) is 0 Å². The van der Waals surface area contributed by atoms with Crippen molar-refractivity contribution in [3.8, 4) is 0 Å². The summed E-state index contributed by atoms with van der Waals surface area (Å²) in [7, 11) is 0. The second-order valence-corrected chi connectivity index (χ2v) is 4.76. The molecule has 0 saturated carbocycles. The van der Waals surface area contributed by atoms with Gasteiger partial charge < -0.3 is 5.32 Å². The van der Waals surface area contributed by atoms with E-state index in [0.29, 0.717) is 0 Å². The maximum atomic E-state index is 4.56. The summed E-state index contributed by atoms with van der Waals surface area (Å²) in [6, 6.07) is 14.0. The van der Waals surface area contributed by atoms with Crippen molar-refractivity contribution < 1.29 is 0 Å². The molecule has 0 amide bonds. The number of thiazole rings is 1. The molecule has 1 aromatic carbocycles. The summed E-state index contributed by atoms with van der Waals surface area (Å²) in [5.41, 5.74) is 1.07. The predicted molar refractivity (Wildman–Crippen MR) is 71.2 cm³/mol. The van der Waals surface area contributed by atoms with Crippen LogP contribution < -0.4 is 5.32 Å². The van der Waals surface area contributed by atoms with E-state index in [-0.39, 0.29) is 0 Å². The molecule has 0 bridgehead atoms. The maximum absolute atomic E-state index is 4.56. The van der Waals surface area contributed by atoms with Crippen LogP contribution in [0.2, 0.25) is 0 Å². The van der Waals surface area contributed by atoms with E-state index < -0.39 is 0 Å². The zero-order chi connectivity index (χ0) is 11.5. The summed E-state index contributed by atoms with van der Waals surface area (Å²) >= 11 is 1.72. The highest BCUT2D eigenvalue weighted by molar-refractivity contribution is 7.18. The molecule has 2 heterocycles. The van der Waals surface area contributed by atoms with Gasteiger partial charge in [0.2, 0.25) is 0 Å². The topological polar surface area (TPSA) is 37.8 Å². The molecule has 84 valence electrons. The van der Waals surface area contributed by atoms with Gasteiger partial charge in [0.15, 0.2) is 0 Å². The van der Waals surface area contributed by atoms with Crippen LogP contribution in [0.3, 0.4) is 0 Å². The van der Waals surface area contributed by atoms with Crippen molar-refractivity contribution in [1.29, 1.82) is 0 Å². The summed E-state index contributed by atoms with van der Waals surface area (Å²) in [5.74, 6) is 0.881. The Bertz CT molecular complexity index is 586. The van der Waals surface area contributed by atoms with Crippen molar-refractivity contribution >= 4 is 27.4 Å². The van der Waals surface area contributed by atoms with E-state index in [1.54, 1.807) is 17.5 Å². The first-order chi connectivity index (χ1) is 8.42. The summed E-state index contributed by atoms with van der Waals surface area (Å²) in [5, 5.41) is 4.34. The van der Waals surface area contributed by atoms with E-state index in [1.165, 1.54) is 4.70 Å². The van der Waals surface area contributed by atoms with Crippen LogP contribution in [0.5, 0.6) is 0 Å². The number of rotatable bonds is 3. The molecule has 0 aliphatic heterocycles. The third kappa shape index (κ3) is 2.26. The molecular weight excluding hydrogens is 230 g/mol. The Morgan fingerprint density at radius 2 is 1.94 bits per heavy atom. The number of anilines is 1. The Balaban J connectivity index is 1.77.